The van der Waals surface area contributed by atoms with Crippen molar-refractivity contribution in [2.24, 2.45) is 0 Å². The summed E-state index contributed by atoms with van der Waals surface area (Å²) in [7, 11) is -4.19. The molecule has 46 heavy (non-hydrogen) atoms. The molecule has 5 rings (SSSR count). The minimum Gasteiger partial charge on any atom is -0.398 e. The molecule has 1 fully saturated rings. The van der Waals surface area contributed by atoms with Gasteiger partial charge in [0.1, 0.15) is 11.5 Å². The van der Waals surface area contributed by atoms with Crippen LogP contribution in [0.4, 0.5) is 15.8 Å². The third-order valence-corrected chi connectivity index (χ3v) is 9.74. The van der Waals surface area contributed by atoms with Crippen LogP contribution in [0.5, 0.6) is 0 Å². The van der Waals surface area contributed by atoms with Gasteiger partial charge in [0, 0.05) is 48.7 Å². The first kappa shape index (κ1) is 33.1. The van der Waals surface area contributed by atoms with Gasteiger partial charge in [-0.3, -0.25) is 19.1 Å². The van der Waals surface area contributed by atoms with Crippen molar-refractivity contribution in [3.8, 4) is 16.9 Å². The van der Waals surface area contributed by atoms with Gasteiger partial charge in [-0.05, 0) is 62.6 Å². The fourth-order valence-electron chi connectivity index (χ4n) is 6.19. The Morgan fingerprint density at radius 1 is 1.17 bits per heavy atom. The van der Waals surface area contributed by atoms with E-state index in [1.165, 1.54) is 34.9 Å². The Hall–Kier alpha value is -4.29. The highest BCUT2D eigenvalue weighted by atomic mass is 35.5. The fraction of sp³-hybridized carbons (Fsp3) is 0.333. The SMILES string of the molecule is C=CC(=O)N1C[C@H](C)N(c2c(S(C)(=O)=O)c(=O)n(-c3c(C)ccnc3C(C)C)c3nc(-c4c(N)cccc4F)c(Cl)cc23)C[C@H]1C. The molecule has 0 spiro atoms. The Morgan fingerprint density at radius 2 is 1.87 bits per heavy atom. The molecule has 1 amide bonds. The van der Waals surface area contributed by atoms with Crippen molar-refractivity contribution in [3.63, 3.8) is 0 Å². The maximum atomic E-state index is 15.3. The third kappa shape index (κ3) is 5.53. The zero-order chi connectivity index (χ0) is 33.8. The number of hydrogen-bond acceptors (Lipinski definition) is 8. The van der Waals surface area contributed by atoms with Gasteiger partial charge in [-0.25, -0.2) is 17.8 Å². The third-order valence-electron chi connectivity index (χ3n) is 8.34. The van der Waals surface area contributed by atoms with Crippen molar-refractivity contribution < 1.29 is 17.6 Å². The number of fused-ring (bicyclic) bond motifs is 1. The number of hydrogen-bond donors (Lipinski definition) is 1. The molecule has 1 aliphatic heterocycles. The van der Waals surface area contributed by atoms with E-state index in [0.29, 0.717) is 16.9 Å². The predicted octanol–water partition coefficient (Wildman–Crippen LogP) is 5.27. The smallest absolute Gasteiger partial charge is 0.277 e. The largest absolute Gasteiger partial charge is 0.398 e. The average Bonchev–Trinajstić information content (AvgIpc) is 2.97. The van der Waals surface area contributed by atoms with E-state index in [0.717, 1.165) is 6.26 Å². The lowest BCUT2D eigenvalue weighted by Gasteiger charge is -2.45. The van der Waals surface area contributed by atoms with E-state index in [1.807, 2.05) is 27.7 Å². The molecule has 242 valence electrons. The van der Waals surface area contributed by atoms with E-state index in [1.54, 1.807) is 29.0 Å². The average molecular weight is 667 g/mol. The Kier molecular flexibility index (Phi) is 8.73. The minimum absolute atomic E-state index is 0.00312. The lowest BCUT2D eigenvalue weighted by atomic mass is 10.0. The van der Waals surface area contributed by atoms with Crippen LogP contribution in [0.1, 0.15) is 44.9 Å². The van der Waals surface area contributed by atoms with Crippen LogP contribution < -0.4 is 16.2 Å². The summed E-state index contributed by atoms with van der Waals surface area (Å²) in [5.41, 5.74) is 7.11. The summed E-state index contributed by atoms with van der Waals surface area (Å²) in [6.07, 6.45) is 3.84. The number of carbonyl (C=O) groups is 1. The number of aryl methyl sites for hydroxylation is 1. The number of benzene rings is 1. The van der Waals surface area contributed by atoms with E-state index >= 15 is 4.39 Å². The van der Waals surface area contributed by atoms with Crippen LogP contribution in [-0.4, -0.2) is 65.2 Å². The molecule has 4 aromatic rings. The fourth-order valence-corrected chi connectivity index (χ4v) is 7.42. The molecule has 0 saturated carbocycles. The summed E-state index contributed by atoms with van der Waals surface area (Å²) in [6, 6.07) is 6.65. The molecule has 10 nitrogen and oxygen atoms in total. The zero-order valence-corrected chi connectivity index (χ0v) is 28.1. The van der Waals surface area contributed by atoms with Gasteiger partial charge in [-0.1, -0.05) is 38.1 Å². The van der Waals surface area contributed by atoms with Crippen molar-refractivity contribution in [3.05, 3.63) is 81.6 Å². The lowest BCUT2D eigenvalue weighted by Crippen LogP contribution is -2.58. The molecule has 4 heterocycles. The van der Waals surface area contributed by atoms with Crippen molar-refractivity contribution in [1.29, 1.82) is 0 Å². The number of aromatic nitrogens is 3. The number of nitrogens with two attached hydrogens (primary N) is 1. The first-order chi connectivity index (χ1) is 21.6. The van der Waals surface area contributed by atoms with Crippen LogP contribution in [0, 0.1) is 12.7 Å². The van der Waals surface area contributed by atoms with Gasteiger partial charge in [-0.15, -0.1) is 0 Å². The molecule has 0 radical (unpaired) electrons. The van der Waals surface area contributed by atoms with E-state index in [2.05, 4.69) is 11.6 Å². The van der Waals surface area contributed by atoms with Gasteiger partial charge in [-0.2, -0.15) is 0 Å². The van der Waals surface area contributed by atoms with E-state index < -0.39 is 32.2 Å². The first-order valence-corrected chi connectivity index (χ1v) is 17.0. The normalized spacial score (nSPS) is 17.2. The maximum absolute atomic E-state index is 15.3. The van der Waals surface area contributed by atoms with E-state index in [9.17, 15) is 18.0 Å². The van der Waals surface area contributed by atoms with E-state index in [4.69, 9.17) is 22.3 Å². The number of anilines is 2. The van der Waals surface area contributed by atoms with Crippen LogP contribution in [0.2, 0.25) is 5.02 Å². The molecule has 2 atom stereocenters. The molecule has 2 N–H and O–H groups in total. The Balaban J connectivity index is 2.00. The van der Waals surface area contributed by atoms with Gasteiger partial charge in [0.05, 0.1) is 33.3 Å². The first-order valence-electron chi connectivity index (χ1n) is 14.8. The van der Waals surface area contributed by atoms with E-state index in [-0.39, 0.29) is 69.6 Å². The molecular formula is C33H36ClFN6O4S. The Labute approximate surface area is 272 Å². The number of nitrogens with zero attached hydrogens (tertiary/aromatic N) is 5. The van der Waals surface area contributed by atoms with Crippen molar-refractivity contribution in [2.45, 2.75) is 57.5 Å². The number of amides is 1. The molecular weight excluding hydrogens is 631 g/mol. The second-order valence-corrected chi connectivity index (χ2v) is 14.4. The standard InChI is InChI=1S/C33H36ClFN6O4S/c1-8-25(42)39-15-20(6)40(16-19(39)5)30-21-14-22(34)28(26-23(35)10-9-11-24(26)36)38-32(21)41(33(43)31(30)46(7,44)45)29-18(4)12-13-37-27(29)17(2)3/h8-14,17,19-20H,1,15-16,36H2,2-7H3/t19-,20+/m1/s1. The number of piperazine rings is 1. The topological polar surface area (TPSA) is 131 Å². The molecule has 3 aromatic heterocycles. The molecule has 1 aromatic carbocycles. The summed E-state index contributed by atoms with van der Waals surface area (Å²) in [6.45, 7) is 13.3. The zero-order valence-electron chi connectivity index (χ0n) is 26.5. The number of nitrogen functional groups attached to an aromatic ring is 1. The molecule has 1 aliphatic rings. The quantitative estimate of drug-likeness (QED) is 0.218. The molecule has 0 unspecified atom stereocenters. The van der Waals surface area contributed by atoms with Crippen LogP contribution in [0.15, 0.2) is 58.9 Å². The summed E-state index contributed by atoms with van der Waals surface area (Å²) in [5, 5.41) is 0.257. The summed E-state index contributed by atoms with van der Waals surface area (Å²) >= 11 is 6.84. The molecule has 0 bridgehead atoms. The molecule has 1 saturated heterocycles. The number of pyridine rings is 3. The second kappa shape index (κ2) is 12.1. The van der Waals surface area contributed by atoms with Crippen molar-refractivity contribution >= 4 is 49.8 Å². The van der Waals surface area contributed by atoms with Crippen LogP contribution in [0.25, 0.3) is 28.0 Å². The molecule has 0 aliphatic carbocycles. The summed E-state index contributed by atoms with van der Waals surface area (Å²) in [5.74, 6) is -1.09. The van der Waals surface area contributed by atoms with Crippen molar-refractivity contribution in [2.75, 3.05) is 30.0 Å². The number of carbonyl (C=O) groups excluding carboxylic acids is 1. The summed E-state index contributed by atoms with van der Waals surface area (Å²) < 4.78 is 43.9. The van der Waals surface area contributed by atoms with Gasteiger partial charge in [0.25, 0.3) is 5.56 Å². The number of rotatable bonds is 6. The number of halogens is 2. The highest BCUT2D eigenvalue weighted by Crippen LogP contribution is 2.41. The van der Waals surface area contributed by atoms with Gasteiger partial charge >= 0.3 is 0 Å². The summed E-state index contributed by atoms with van der Waals surface area (Å²) in [4.78, 5) is 39.8. The Morgan fingerprint density at radius 3 is 2.48 bits per heavy atom. The minimum atomic E-state index is -4.19. The van der Waals surface area contributed by atoms with Gasteiger partial charge in [0.15, 0.2) is 14.7 Å². The maximum Gasteiger partial charge on any atom is 0.277 e. The monoisotopic (exact) mass is 666 g/mol. The Bertz CT molecular complexity index is 2060. The lowest BCUT2D eigenvalue weighted by molar-refractivity contribution is -0.128. The number of sulfone groups is 1. The van der Waals surface area contributed by atoms with Crippen LogP contribution in [0.3, 0.4) is 0 Å². The van der Waals surface area contributed by atoms with Crippen LogP contribution >= 0.6 is 11.6 Å². The predicted molar refractivity (Wildman–Crippen MR) is 180 cm³/mol. The highest BCUT2D eigenvalue weighted by molar-refractivity contribution is 7.90. The van der Waals surface area contributed by atoms with Crippen LogP contribution in [-0.2, 0) is 14.6 Å². The highest BCUT2D eigenvalue weighted by Gasteiger charge is 2.37. The van der Waals surface area contributed by atoms with Gasteiger partial charge < -0.3 is 15.5 Å². The second-order valence-electron chi connectivity index (χ2n) is 12.0. The molecule has 13 heteroatoms. The van der Waals surface area contributed by atoms with Gasteiger partial charge in [0.2, 0.25) is 5.91 Å². The van der Waals surface area contributed by atoms with Crippen molar-refractivity contribution in [1.82, 2.24) is 19.4 Å².